The molecule has 0 aliphatic carbocycles. The lowest BCUT2D eigenvalue weighted by Gasteiger charge is -2.41. The van der Waals surface area contributed by atoms with Gasteiger partial charge in [-0.25, -0.2) is 4.79 Å². The van der Waals surface area contributed by atoms with Gasteiger partial charge in [-0.15, -0.1) is 0 Å². The minimum atomic E-state index is -0.805. The van der Waals surface area contributed by atoms with E-state index in [-0.39, 0.29) is 12.1 Å². The summed E-state index contributed by atoms with van der Waals surface area (Å²) in [5, 5.41) is 9.56. The van der Waals surface area contributed by atoms with Crippen LogP contribution in [0.15, 0.2) is 30.3 Å². The third-order valence-corrected chi connectivity index (χ3v) is 6.54. The maximum atomic E-state index is 11.6. The Morgan fingerprint density at radius 1 is 1.17 bits per heavy atom. The zero-order valence-electron chi connectivity index (χ0n) is 17.2. The number of carbonyl (C=O) groups is 1. The molecular weight excluding hydrogens is 382 g/mol. The molecule has 3 aliphatic heterocycles. The number of hydrogen-bond donors (Lipinski definition) is 1. The molecule has 0 saturated carbocycles. The fraction of sp³-hybridized carbons (Fsp3) is 0.500. The highest BCUT2D eigenvalue weighted by Gasteiger charge is 2.43. The van der Waals surface area contributed by atoms with Crippen LogP contribution in [-0.2, 0) is 19.5 Å². The van der Waals surface area contributed by atoms with Crippen LogP contribution in [-0.4, -0.2) is 69.8 Å². The van der Waals surface area contributed by atoms with Crippen molar-refractivity contribution in [1.82, 2.24) is 19.8 Å². The molecule has 5 rings (SSSR count). The first-order valence-corrected chi connectivity index (χ1v) is 10.6. The van der Waals surface area contributed by atoms with E-state index in [0.717, 1.165) is 50.4 Å². The molecule has 158 valence electrons. The van der Waals surface area contributed by atoms with Gasteiger partial charge in [0.15, 0.2) is 0 Å². The van der Waals surface area contributed by atoms with Gasteiger partial charge in [0.2, 0.25) is 0 Å². The van der Waals surface area contributed by atoms with E-state index in [9.17, 15) is 9.90 Å². The van der Waals surface area contributed by atoms with Gasteiger partial charge in [-0.05, 0) is 24.8 Å². The first-order chi connectivity index (χ1) is 14.6. The molecule has 2 atom stereocenters. The first kappa shape index (κ1) is 19.1. The van der Waals surface area contributed by atoms with E-state index in [0.29, 0.717) is 19.1 Å². The van der Waals surface area contributed by atoms with Crippen molar-refractivity contribution in [3.05, 3.63) is 47.2 Å². The lowest BCUT2D eigenvalue weighted by atomic mass is 10.0. The van der Waals surface area contributed by atoms with E-state index in [1.165, 1.54) is 11.1 Å². The Kier molecular flexibility index (Phi) is 4.94. The van der Waals surface area contributed by atoms with Crippen molar-refractivity contribution in [1.29, 1.82) is 0 Å². The van der Waals surface area contributed by atoms with Gasteiger partial charge >= 0.3 is 12.1 Å². The Balaban J connectivity index is 1.40. The predicted octanol–water partition coefficient (Wildman–Crippen LogP) is 2.37. The van der Waals surface area contributed by atoms with E-state index in [4.69, 9.17) is 9.72 Å². The first-order valence-electron chi connectivity index (χ1n) is 10.6. The average molecular weight is 409 g/mol. The van der Waals surface area contributed by atoms with Crippen LogP contribution >= 0.6 is 0 Å². The molecule has 1 aromatic heterocycles. The van der Waals surface area contributed by atoms with Gasteiger partial charge in [-0.2, -0.15) is 9.97 Å². The van der Waals surface area contributed by atoms with Gasteiger partial charge in [-0.3, -0.25) is 9.80 Å². The van der Waals surface area contributed by atoms with Crippen molar-refractivity contribution in [3.8, 4) is 6.01 Å². The molecule has 1 aromatic carbocycles. The molecule has 1 amide bonds. The number of rotatable bonds is 4. The molecule has 2 bridgehead atoms. The van der Waals surface area contributed by atoms with E-state index in [2.05, 4.69) is 39.0 Å². The summed E-state index contributed by atoms with van der Waals surface area (Å²) in [6.07, 6.45) is 1.92. The van der Waals surface area contributed by atoms with Crippen LogP contribution < -0.4 is 9.64 Å². The maximum absolute atomic E-state index is 11.6. The average Bonchev–Trinajstić information content (AvgIpc) is 3.03. The lowest BCUT2D eigenvalue weighted by molar-refractivity contribution is 0.114. The van der Waals surface area contributed by atoms with Gasteiger partial charge in [0.25, 0.3) is 0 Å². The normalized spacial score (nSPS) is 23.4. The Morgan fingerprint density at radius 2 is 1.90 bits per heavy atom. The summed E-state index contributed by atoms with van der Waals surface area (Å²) < 4.78 is 5.42. The van der Waals surface area contributed by atoms with Crippen LogP contribution in [0.1, 0.15) is 29.7 Å². The van der Waals surface area contributed by atoms with Crippen molar-refractivity contribution in [3.63, 3.8) is 0 Å². The summed E-state index contributed by atoms with van der Waals surface area (Å²) in [7, 11) is 1.60. The van der Waals surface area contributed by atoms with Gasteiger partial charge in [0.1, 0.15) is 5.82 Å². The number of methoxy groups -OCH3 is 1. The third kappa shape index (κ3) is 3.45. The number of benzene rings is 1. The molecular formula is C22H27N5O3. The highest BCUT2D eigenvalue weighted by atomic mass is 16.5. The smallest absolute Gasteiger partial charge is 0.407 e. The van der Waals surface area contributed by atoms with Crippen molar-refractivity contribution >= 4 is 11.9 Å². The van der Waals surface area contributed by atoms with E-state index < -0.39 is 6.09 Å². The number of ether oxygens (including phenoxy) is 1. The van der Waals surface area contributed by atoms with Gasteiger partial charge in [-0.1, -0.05) is 30.3 Å². The van der Waals surface area contributed by atoms with Crippen molar-refractivity contribution < 1.29 is 14.6 Å². The number of anilines is 1. The number of aromatic nitrogens is 2. The minimum absolute atomic E-state index is 0.0380. The number of carboxylic acid groups (broad SMARTS) is 1. The van der Waals surface area contributed by atoms with Gasteiger partial charge < -0.3 is 14.7 Å². The molecule has 8 nitrogen and oxygen atoms in total. The molecule has 4 heterocycles. The largest absolute Gasteiger partial charge is 0.467 e. The molecule has 2 saturated heterocycles. The highest BCUT2D eigenvalue weighted by molar-refractivity contribution is 5.67. The molecule has 1 N–H and O–H groups in total. The van der Waals surface area contributed by atoms with Crippen LogP contribution in [0.2, 0.25) is 0 Å². The van der Waals surface area contributed by atoms with Gasteiger partial charge in [0, 0.05) is 38.3 Å². The molecule has 2 fully saturated rings. The van der Waals surface area contributed by atoms with Crippen molar-refractivity contribution in [2.24, 2.45) is 0 Å². The summed E-state index contributed by atoms with van der Waals surface area (Å²) in [6.45, 7) is 3.97. The Bertz CT molecular complexity index is 924. The quantitative estimate of drug-likeness (QED) is 0.830. The number of amides is 1. The number of hydrogen-bond acceptors (Lipinski definition) is 6. The number of piperazine rings is 1. The van der Waals surface area contributed by atoms with Crippen LogP contribution in [0.25, 0.3) is 0 Å². The van der Waals surface area contributed by atoms with E-state index in [1.54, 1.807) is 12.0 Å². The second-order valence-electron chi connectivity index (χ2n) is 8.39. The fourth-order valence-electron chi connectivity index (χ4n) is 5.16. The number of fused-ring (bicyclic) bond motifs is 3. The Labute approximate surface area is 176 Å². The summed E-state index contributed by atoms with van der Waals surface area (Å²) in [5.41, 5.74) is 3.50. The summed E-state index contributed by atoms with van der Waals surface area (Å²) >= 11 is 0. The Morgan fingerprint density at radius 3 is 2.57 bits per heavy atom. The van der Waals surface area contributed by atoms with Crippen LogP contribution in [0.4, 0.5) is 10.6 Å². The zero-order valence-corrected chi connectivity index (χ0v) is 17.2. The summed E-state index contributed by atoms with van der Waals surface area (Å²) in [4.78, 5) is 27.3. The molecule has 0 radical (unpaired) electrons. The second kappa shape index (κ2) is 7.75. The molecule has 8 heteroatoms. The second-order valence-corrected chi connectivity index (χ2v) is 8.39. The van der Waals surface area contributed by atoms with Crippen molar-refractivity contribution in [2.75, 3.05) is 31.6 Å². The lowest BCUT2D eigenvalue weighted by Crippen LogP contribution is -2.56. The monoisotopic (exact) mass is 409 g/mol. The van der Waals surface area contributed by atoms with Crippen molar-refractivity contribution in [2.45, 2.75) is 44.4 Å². The van der Waals surface area contributed by atoms with Crippen LogP contribution in [0, 0.1) is 0 Å². The van der Waals surface area contributed by atoms with Crippen LogP contribution in [0.5, 0.6) is 6.01 Å². The third-order valence-electron chi connectivity index (χ3n) is 6.54. The molecule has 30 heavy (non-hydrogen) atoms. The summed E-state index contributed by atoms with van der Waals surface area (Å²) in [6, 6.07) is 10.9. The standard InChI is InChI=1S/C22H27N5O3/c1-30-21-23-19-14-25(11-15-5-3-2-4-6-15)10-9-18(19)20(24-21)26-12-16-7-8-17(13-26)27(16)22(28)29/h2-6,16-17H,7-14H2,1H3,(H,28,29)/t16-,17+. The SMILES string of the molecule is COc1nc2c(c(N3C[C@H]4CC[C@@H](C3)N4C(=O)O)n1)CCN(Cc1ccccc1)C2. The van der Waals surface area contributed by atoms with E-state index in [1.807, 2.05) is 6.07 Å². The molecule has 2 aromatic rings. The topological polar surface area (TPSA) is 82.0 Å². The predicted molar refractivity (Wildman–Crippen MR) is 112 cm³/mol. The zero-order chi connectivity index (χ0) is 20.7. The summed E-state index contributed by atoms with van der Waals surface area (Å²) in [5.74, 6) is 0.929. The van der Waals surface area contributed by atoms with E-state index >= 15 is 0 Å². The maximum Gasteiger partial charge on any atom is 0.407 e. The molecule has 0 unspecified atom stereocenters. The number of nitrogens with zero attached hydrogens (tertiary/aromatic N) is 5. The highest BCUT2D eigenvalue weighted by Crippen LogP contribution is 2.35. The van der Waals surface area contributed by atoms with Gasteiger partial charge in [0.05, 0.1) is 24.9 Å². The molecule has 3 aliphatic rings. The molecule has 0 spiro atoms. The Hall–Kier alpha value is -2.87. The fourth-order valence-corrected chi connectivity index (χ4v) is 5.16. The van der Waals surface area contributed by atoms with Crippen LogP contribution in [0.3, 0.4) is 0 Å². The minimum Gasteiger partial charge on any atom is -0.467 e.